The number of halogens is 1. The van der Waals surface area contributed by atoms with E-state index in [1.54, 1.807) is 17.9 Å². The van der Waals surface area contributed by atoms with Gasteiger partial charge < -0.3 is 15.5 Å². The highest BCUT2D eigenvalue weighted by Gasteiger charge is 2.30. The summed E-state index contributed by atoms with van der Waals surface area (Å²) < 4.78 is 1.70. The van der Waals surface area contributed by atoms with Crippen LogP contribution in [0.4, 0.5) is 0 Å². The minimum Gasteiger partial charge on any atom is -0.356 e. The first kappa shape index (κ1) is 21.4. The van der Waals surface area contributed by atoms with Crippen LogP contribution in [0, 0.1) is 11.8 Å². The molecule has 142 valence electrons. The number of aryl methyl sites for hydroxylation is 1. The second kappa shape index (κ2) is 9.77. The number of carbonyl (C=O) groups excluding carboxylic acids is 2. The summed E-state index contributed by atoms with van der Waals surface area (Å²) in [6.45, 7) is 5.87. The third-order valence-corrected chi connectivity index (χ3v) is 4.51. The molecule has 2 rings (SSSR count). The molecular weight excluding hydrogens is 342 g/mol. The van der Waals surface area contributed by atoms with Crippen molar-refractivity contribution in [2.75, 3.05) is 26.7 Å². The van der Waals surface area contributed by atoms with Gasteiger partial charge in [-0.2, -0.15) is 5.10 Å². The Labute approximate surface area is 155 Å². The van der Waals surface area contributed by atoms with Gasteiger partial charge in [0.25, 0.3) is 0 Å². The Balaban J connectivity index is 0.00000312. The summed E-state index contributed by atoms with van der Waals surface area (Å²) in [5.41, 5.74) is 0.875. The summed E-state index contributed by atoms with van der Waals surface area (Å²) in [5, 5.41) is 10.2. The number of aromatic nitrogens is 2. The Hall–Kier alpha value is -1.60. The van der Waals surface area contributed by atoms with Crippen molar-refractivity contribution >= 4 is 24.2 Å². The topological polar surface area (TPSA) is 79.3 Å². The second-order valence-electron chi connectivity index (χ2n) is 6.86. The fraction of sp³-hybridized carbons (Fsp3) is 0.706. The van der Waals surface area contributed by atoms with Gasteiger partial charge in [0.2, 0.25) is 11.8 Å². The molecule has 7 nitrogen and oxygen atoms in total. The van der Waals surface area contributed by atoms with E-state index in [9.17, 15) is 9.59 Å². The number of carbonyl (C=O) groups is 2. The van der Waals surface area contributed by atoms with Crippen LogP contribution in [0.25, 0.3) is 0 Å². The Bertz CT molecular complexity index is 575. The maximum absolute atomic E-state index is 12.9. The summed E-state index contributed by atoms with van der Waals surface area (Å²) in [6, 6.07) is -0.372. The van der Waals surface area contributed by atoms with Crippen LogP contribution in [0.3, 0.4) is 0 Å². The maximum Gasteiger partial charge on any atom is 0.244 e. The van der Waals surface area contributed by atoms with Gasteiger partial charge in [-0.1, -0.05) is 13.8 Å². The summed E-state index contributed by atoms with van der Waals surface area (Å²) in [5.74, 6) is 0.453. The van der Waals surface area contributed by atoms with Crippen LogP contribution in [0.1, 0.15) is 38.3 Å². The largest absolute Gasteiger partial charge is 0.356 e. The van der Waals surface area contributed by atoms with Crippen LogP contribution in [0.5, 0.6) is 0 Å². The zero-order valence-corrected chi connectivity index (χ0v) is 16.3. The van der Waals surface area contributed by atoms with Crippen LogP contribution in [0.2, 0.25) is 0 Å². The first-order valence-corrected chi connectivity index (χ1v) is 8.64. The molecule has 1 aliphatic heterocycles. The van der Waals surface area contributed by atoms with Crippen molar-refractivity contribution in [3.63, 3.8) is 0 Å². The summed E-state index contributed by atoms with van der Waals surface area (Å²) >= 11 is 0. The Morgan fingerprint density at radius 1 is 1.40 bits per heavy atom. The fourth-order valence-electron chi connectivity index (χ4n) is 3.09. The monoisotopic (exact) mass is 371 g/mol. The van der Waals surface area contributed by atoms with Crippen LogP contribution in [-0.2, 0) is 16.6 Å². The van der Waals surface area contributed by atoms with Crippen molar-refractivity contribution in [1.82, 2.24) is 25.3 Å². The molecule has 8 heteroatoms. The highest BCUT2D eigenvalue weighted by molar-refractivity contribution is 5.85. The van der Waals surface area contributed by atoms with Gasteiger partial charge in [0.05, 0.1) is 6.20 Å². The summed E-state index contributed by atoms with van der Waals surface area (Å²) in [7, 11) is 3.63. The standard InChI is InChI=1S/C17H29N5O2.ClH/c1-12(2)16(23)19-8-13-6-5-7-22(10-13)17(24)15(18-3)14-9-20-21(4)11-14;/h9,11-13,15,18H,5-8,10H2,1-4H3,(H,19,23);1H. The molecule has 2 amide bonds. The molecule has 2 heterocycles. The molecular formula is C17H30ClN5O2. The Morgan fingerprint density at radius 3 is 2.68 bits per heavy atom. The number of amides is 2. The predicted octanol–water partition coefficient (Wildman–Crippen LogP) is 1.11. The SMILES string of the molecule is CNC(C(=O)N1CCCC(CNC(=O)C(C)C)C1)c1cnn(C)c1.Cl. The number of hydrogen-bond donors (Lipinski definition) is 2. The van der Waals surface area contributed by atoms with E-state index in [2.05, 4.69) is 15.7 Å². The van der Waals surface area contributed by atoms with Crippen molar-refractivity contribution < 1.29 is 9.59 Å². The van der Waals surface area contributed by atoms with E-state index in [0.29, 0.717) is 19.0 Å². The van der Waals surface area contributed by atoms with Gasteiger partial charge in [-0.3, -0.25) is 14.3 Å². The lowest BCUT2D eigenvalue weighted by Crippen LogP contribution is -2.47. The maximum atomic E-state index is 12.9. The average molecular weight is 372 g/mol. The molecule has 0 bridgehead atoms. The molecule has 1 fully saturated rings. The molecule has 2 N–H and O–H groups in total. The minimum absolute atomic E-state index is 0. The third kappa shape index (κ3) is 5.71. The highest BCUT2D eigenvalue weighted by atomic mass is 35.5. The van der Waals surface area contributed by atoms with Gasteiger partial charge in [0.15, 0.2) is 0 Å². The number of rotatable bonds is 6. The lowest BCUT2D eigenvalue weighted by Gasteiger charge is -2.35. The van der Waals surface area contributed by atoms with E-state index in [1.807, 2.05) is 32.0 Å². The van der Waals surface area contributed by atoms with Crippen molar-refractivity contribution in [3.8, 4) is 0 Å². The molecule has 2 unspecified atom stereocenters. The van der Waals surface area contributed by atoms with E-state index < -0.39 is 0 Å². The van der Waals surface area contributed by atoms with Crippen LogP contribution < -0.4 is 10.6 Å². The normalized spacial score (nSPS) is 18.6. The smallest absolute Gasteiger partial charge is 0.244 e. The van der Waals surface area contributed by atoms with Gasteiger partial charge in [-0.25, -0.2) is 0 Å². The van der Waals surface area contributed by atoms with E-state index in [4.69, 9.17) is 0 Å². The van der Waals surface area contributed by atoms with Gasteiger partial charge in [0.1, 0.15) is 6.04 Å². The van der Waals surface area contributed by atoms with E-state index in [-0.39, 0.29) is 36.2 Å². The fourth-order valence-corrected chi connectivity index (χ4v) is 3.09. The minimum atomic E-state index is -0.372. The number of nitrogens with one attached hydrogen (secondary N) is 2. The number of likely N-dealkylation sites (N-methyl/N-ethyl adjacent to an activating group) is 1. The van der Waals surface area contributed by atoms with Crippen LogP contribution in [-0.4, -0.2) is 53.2 Å². The quantitative estimate of drug-likeness (QED) is 0.785. The van der Waals surface area contributed by atoms with Crippen LogP contribution >= 0.6 is 12.4 Å². The molecule has 1 aliphatic rings. The molecule has 2 atom stereocenters. The van der Waals surface area contributed by atoms with Gasteiger partial charge in [-0.15, -0.1) is 12.4 Å². The molecule has 0 radical (unpaired) electrons. The lowest BCUT2D eigenvalue weighted by molar-refractivity contribution is -0.135. The third-order valence-electron chi connectivity index (χ3n) is 4.51. The van der Waals surface area contributed by atoms with Crippen molar-refractivity contribution in [1.29, 1.82) is 0 Å². The van der Waals surface area contributed by atoms with Crippen molar-refractivity contribution in [2.24, 2.45) is 18.9 Å². The zero-order chi connectivity index (χ0) is 17.7. The molecule has 1 saturated heterocycles. The predicted molar refractivity (Wildman–Crippen MR) is 99.4 cm³/mol. The number of hydrogen-bond acceptors (Lipinski definition) is 4. The molecule has 0 aliphatic carbocycles. The molecule has 25 heavy (non-hydrogen) atoms. The molecule has 0 aromatic carbocycles. The Morgan fingerprint density at radius 2 is 2.12 bits per heavy atom. The lowest BCUT2D eigenvalue weighted by atomic mass is 9.96. The summed E-state index contributed by atoms with van der Waals surface area (Å²) in [6.07, 6.45) is 5.60. The molecule has 1 aromatic heterocycles. The molecule has 0 saturated carbocycles. The number of likely N-dealkylation sites (tertiary alicyclic amines) is 1. The van der Waals surface area contributed by atoms with Crippen molar-refractivity contribution in [3.05, 3.63) is 18.0 Å². The number of piperidine rings is 1. The molecule has 1 aromatic rings. The first-order chi connectivity index (χ1) is 11.4. The van der Waals surface area contributed by atoms with Gasteiger partial charge in [-0.05, 0) is 25.8 Å². The highest BCUT2D eigenvalue weighted by Crippen LogP contribution is 2.21. The first-order valence-electron chi connectivity index (χ1n) is 8.64. The zero-order valence-electron chi connectivity index (χ0n) is 15.5. The van der Waals surface area contributed by atoms with E-state index in [1.165, 1.54) is 0 Å². The summed E-state index contributed by atoms with van der Waals surface area (Å²) in [4.78, 5) is 26.5. The average Bonchev–Trinajstić information content (AvgIpc) is 2.99. The van der Waals surface area contributed by atoms with E-state index >= 15 is 0 Å². The van der Waals surface area contributed by atoms with Gasteiger partial charge in [0, 0.05) is 44.4 Å². The Kier molecular flexibility index (Phi) is 8.38. The van der Waals surface area contributed by atoms with Crippen molar-refractivity contribution in [2.45, 2.75) is 32.7 Å². The van der Waals surface area contributed by atoms with Crippen LogP contribution in [0.15, 0.2) is 12.4 Å². The number of nitrogens with zero attached hydrogens (tertiary/aromatic N) is 3. The van der Waals surface area contributed by atoms with Gasteiger partial charge >= 0.3 is 0 Å². The van der Waals surface area contributed by atoms with E-state index in [0.717, 1.165) is 24.9 Å². The molecule has 0 spiro atoms. The second-order valence-corrected chi connectivity index (χ2v) is 6.86.